The molecule has 0 aliphatic heterocycles. The molecule has 2 aromatic rings. The van der Waals surface area contributed by atoms with Gasteiger partial charge in [-0.2, -0.15) is 0 Å². The van der Waals surface area contributed by atoms with Gasteiger partial charge in [-0.05, 0) is 86.9 Å². The Morgan fingerprint density at radius 2 is 1.65 bits per heavy atom. The summed E-state index contributed by atoms with van der Waals surface area (Å²) in [7, 11) is -3.64. The van der Waals surface area contributed by atoms with E-state index in [0.717, 1.165) is 49.8 Å². The van der Waals surface area contributed by atoms with Crippen molar-refractivity contribution in [2.24, 2.45) is 11.8 Å². The smallest absolute Gasteiger partial charge is 0.240 e. The number of benzene rings is 2. The molecule has 2 aromatic carbocycles. The highest BCUT2D eigenvalue weighted by atomic mass is 32.2. The fourth-order valence-electron chi connectivity index (χ4n) is 4.46. The van der Waals surface area contributed by atoms with Gasteiger partial charge in [-0.3, -0.25) is 9.59 Å². The molecule has 0 bridgehead atoms. The fourth-order valence-corrected chi connectivity index (χ4v) is 5.58. The highest BCUT2D eigenvalue weighted by molar-refractivity contribution is 7.89. The molecule has 1 fully saturated rings. The van der Waals surface area contributed by atoms with Crippen molar-refractivity contribution < 1.29 is 22.7 Å². The van der Waals surface area contributed by atoms with Crippen LogP contribution in [0.25, 0.3) is 0 Å². The van der Waals surface area contributed by atoms with Crippen LogP contribution in [0, 0.1) is 11.8 Å². The van der Waals surface area contributed by atoms with E-state index in [1.807, 2.05) is 31.2 Å². The van der Waals surface area contributed by atoms with E-state index in [-0.39, 0.29) is 34.6 Å². The van der Waals surface area contributed by atoms with Crippen molar-refractivity contribution in [1.29, 1.82) is 0 Å². The summed E-state index contributed by atoms with van der Waals surface area (Å²) in [4.78, 5) is 24.1. The van der Waals surface area contributed by atoms with Gasteiger partial charge in [0.15, 0.2) is 0 Å². The second-order valence-corrected chi connectivity index (χ2v) is 11.5. The molecule has 3 rings (SSSR count). The Balaban J connectivity index is 1.42. The Kier molecular flexibility index (Phi) is 10.5. The van der Waals surface area contributed by atoms with Crippen molar-refractivity contribution in [1.82, 2.24) is 10.0 Å². The first-order chi connectivity index (χ1) is 17.7. The van der Waals surface area contributed by atoms with Crippen molar-refractivity contribution in [2.75, 3.05) is 18.5 Å². The average Bonchev–Trinajstić information content (AvgIpc) is 2.88. The molecule has 9 heteroatoms. The quantitative estimate of drug-likeness (QED) is 0.342. The zero-order valence-electron chi connectivity index (χ0n) is 22.0. The van der Waals surface area contributed by atoms with Crippen molar-refractivity contribution in [3.63, 3.8) is 0 Å². The number of hydrogen-bond acceptors (Lipinski definition) is 5. The van der Waals surface area contributed by atoms with E-state index in [2.05, 4.69) is 22.3 Å². The lowest BCUT2D eigenvalue weighted by molar-refractivity contribution is -0.126. The van der Waals surface area contributed by atoms with E-state index < -0.39 is 10.0 Å². The van der Waals surface area contributed by atoms with Gasteiger partial charge in [-0.25, -0.2) is 13.1 Å². The van der Waals surface area contributed by atoms with Crippen molar-refractivity contribution in [3.05, 3.63) is 54.1 Å². The highest BCUT2D eigenvalue weighted by Gasteiger charge is 2.28. The summed E-state index contributed by atoms with van der Waals surface area (Å²) in [6.07, 6.45) is 5.17. The molecule has 0 saturated heterocycles. The zero-order valence-corrected chi connectivity index (χ0v) is 22.8. The minimum Gasteiger partial charge on any atom is -0.494 e. The van der Waals surface area contributed by atoms with Crippen LogP contribution in [0.15, 0.2) is 53.4 Å². The Morgan fingerprint density at radius 1 is 1.00 bits per heavy atom. The molecule has 1 atom stereocenters. The first-order valence-corrected chi connectivity index (χ1v) is 14.6. The standard InChI is InChI=1S/C28H39N3O5S/c1-4-5-18-36-26-14-10-23(11-15-26)20(2)30-28(33)24-8-6-22(7-9-24)19-29-37(34,35)27-16-12-25(13-17-27)31-21(3)32/h10-17,20,22,24,29H,4-9,18-19H2,1-3H3,(H,30,33)(H,31,32)/t20-,22?,24?/m1/s1. The first kappa shape index (κ1) is 28.7. The number of amides is 2. The molecule has 0 heterocycles. The molecule has 0 aromatic heterocycles. The van der Waals surface area contributed by atoms with Crippen molar-refractivity contribution in [2.45, 2.75) is 70.2 Å². The molecule has 8 nitrogen and oxygen atoms in total. The number of carbonyl (C=O) groups excluding carboxylic acids is 2. The van der Waals surface area contributed by atoms with Crippen LogP contribution in [-0.4, -0.2) is 33.4 Å². The van der Waals surface area contributed by atoms with Crippen LogP contribution < -0.4 is 20.1 Å². The molecule has 1 aliphatic carbocycles. The van der Waals surface area contributed by atoms with Crippen LogP contribution in [0.5, 0.6) is 5.75 Å². The van der Waals surface area contributed by atoms with Crippen LogP contribution in [0.3, 0.4) is 0 Å². The molecular weight excluding hydrogens is 490 g/mol. The van der Waals surface area contributed by atoms with Crippen LogP contribution in [-0.2, 0) is 19.6 Å². The third-order valence-corrected chi connectivity index (χ3v) is 8.21. The summed E-state index contributed by atoms with van der Waals surface area (Å²) >= 11 is 0. The normalized spacial score (nSPS) is 18.6. The lowest BCUT2D eigenvalue weighted by atomic mass is 9.81. The summed E-state index contributed by atoms with van der Waals surface area (Å²) in [6.45, 7) is 6.55. The number of rotatable bonds is 12. The third kappa shape index (κ3) is 8.86. The van der Waals surface area contributed by atoms with E-state index in [0.29, 0.717) is 18.8 Å². The molecule has 1 saturated carbocycles. The molecule has 3 N–H and O–H groups in total. The molecule has 2 amide bonds. The number of nitrogens with one attached hydrogen (secondary N) is 3. The van der Waals surface area contributed by atoms with Crippen molar-refractivity contribution in [3.8, 4) is 5.75 Å². The maximum absolute atomic E-state index is 12.9. The zero-order chi connectivity index (χ0) is 26.8. The monoisotopic (exact) mass is 529 g/mol. The Labute approximate surface area is 220 Å². The lowest BCUT2D eigenvalue weighted by Gasteiger charge is -2.29. The minimum absolute atomic E-state index is 0.0501. The van der Waals surface area contributed by atoms with Crippen LogP contribution in [0.2, 0.25) is 0 Å². The molecule has 37 heavy (non-hydrogen) atoms. The van der Waals surface area contributed by atoms with Gasteiger partial charge in [0.25, 0.3) is 0 Å². The van der Waals surface area contributed by atoms with Gasteiger partial charge in [0.2, 0.25) is 21.8 Å². The molecule has 1 aliphatic rings. The van der Waals surface area contributed by atoms with Gasteiger partial charge in [-0.1, -0.05) is 25.5 Å². The van der Waals surface area contributed by atoms with E-state index in [1.165, 1.54) is 19.1 Å². The molecule has 0 radical (unpaired) electrons. The van der Waals surface area contributed by atoms with Crippen LogP contribution in [0.1, 0.15) is 70.9 Å². The summed E-state index contributed by atoms with van der Waals surface area (Å²) in [5.74, 6) is 0.804. The van der Waals surface area contributed by atoms with Gasteiger partial charge in [-0.15, -0.1) is 0 Å². The van der Waals surface area contributed by atoms with Crippen LogP contribution in [0.4, 0.5) is 5.69 Å². The SMILES string of the molecule is CCCCOc1ccc([C@@H](C)NC(=O)C2CCC(CNS(=O)(=O)c3ccc(NC(C)=O)cc3)CC2)cc1. The number of unbranched alkanes of at least 4 members (excludes halogenated alkanes) is 1. The predicted octanol–water partition coefficient (Wildman–Crippen LogP) is 4.79. The van der Waals surface area contributed by atoms with Gasteiger partial charge in [0.1, 0.15) is 5.75 Å². The van der Waals surface area contributed by atoms with Gasteiger partial charge < -0.3 is 15.4 Å². The molecule has 0 unspecified atom stereocenters. The number of ether oxygens (including phenoxy) is 1. The Morgan fingerprint density at radius 3 is 2.24 bits per heavy atom. The van der Waals surface area contributed by atoms with E-state index >= 15 is 0 Å². The number of sulfonamides is 1. The maximum Gasteiger partial charge on any atom is 0.240 e. The Bertz CT molecular complexity index is 1130. The highest BCUT2D eigenvalue weighted by Crippen LogP contribution is 2.30. The molecular formula is C28H39N3O5S. The van der Waals surface area contributed by atoms with E-state index in [9.17, 15) is 18.0 Å². The minimum atomic E-state index is -3.64. The molecule has 0 spiro atoms. The molecule has 202 valence electrons. The number of hydrogen-bond donors (Lipinski definition) is 3. The van der Waals surface area contributed by atoms with Gasteiger partial charge >= 0.3 is 0 Å². The topological polar surface area (TPSA) is 114 Å². The second kappa shape index (κ2) is 13.6. The lowest BCUT2D eigenvalue weighted by Crippen LogP contribution is -2.37. The number of carbonyl (C=O) groups is 2. The summed E-state index contributed by atoms with van der Waals surface area (Å²) < 4.78 is 33.7. The second-order valence-electron chi connectivity index (χ2n) is 9.78. The maximum atomic E-state index is 12.9. The van der Waals surface area contributed by atoms with E-state index in [1.54, 1.807) is 12.1 Å². The number of anilines is 1. The van der Waals surface area contributed by atoms with Gasteiger partial charge in [0.05, 0.1) is 17.5 Å². The summed E-state index contributed by atoms with van der Waals surface area (Å²) in [6, 6.07) is 13.8. The van der Waals surface area contributed by atoms with Gasteiger partial charge in [0, 0.05) is 25.1 Å². The first-order valence-electron chi connectivity index (χ1n) is 13.1. The summed E-state index contributed by atoms with van der Waals surface area (Å²) in [5, 5.41) is 5.75. The van der Waals surface area contributed by atoms with Crippen molar-refractivity contribution >= 4 is 27.5 Å². The van der Waals surface area contributed by atoms with E-state index in [4.69, 9.17) is 4.74 Å². The largest absolute Gasteiger partial charge is 0.494 e. The average molecular weight is 530 g/mol. The predicted molar refractivity (Wildman–Crippen MR) is 145 cm³/mol. The fraction of sp³-hybridized carbons (Fsp3) is 0.500. The summed E-state index contributed by atoms with van der Waals surface area (Å²) in [5.41, 5.74) is 1.58. The van der Waals surface area contributed by atoms with Crippen LogP contribution >= 0.6 is 0 Å². The Hall–Kier alpha value is -2.91. The third-order valence-electron chi connectivity index (χ3n) is 6.77.